The van der Waals surface area contributed by atoms with Gasteiger partial charge >= 0.3 is 0 Å². The van der Waals surface area contributed by atoms with Gasteiger partial charge in [0.2, 0.25) is 10.0 Å². The number of benzene rings is 2. The monoisotopic (exact) mass is 513 g/mol. The van der Waals surface area contributed by atoms with Gasteiger partial charge in [0.25, 0.3) is 0 Å². The third-order valence-corrected chi connectivity index (χ3v) is 6.45. The summed E-state index contributed by atoms with van der Waals surface area (Å²) in [7, 11) is -0.667. The predicted molar refractivity (Wildman–Crippen MR) is 123 cm³/mol. The number of nitrogens with one attached hydrogen (secondary N) is 1. The molecule has 2 aromatic rings. The van der Waals surface area contributed by atoms with Gasteiger partial charge in [-0.15, -0.1) is 0 Å². The molecule has 0 radical (unpaired) electrons. The van der Waals surface area contributed by atoms with Crippen molar-refractivity contribution in [2.75, 3.05) is 34.2 Å². The van der Waals surface area contributed by atoms with E-state index in [2.05, 4.69) is 20.7 Å². The van der Waals surface area contributed by atoms with Crippen molar-refractivity contribution in [1.29, 1.82) is 0 Å². The Morgan fingerprint density at radius 1 is 1.06 bits per heavy atom. The highest BCUT2D eigenvalue weighted by Gasteiger charge is 2.24. The molecule has 0 fully saturated rings. The Hall–Kier alpha value is -1.75. The molecular formula is C22H28BrNO6S. The molecule has 31 heavy (non-hydrogen) atoms. The molecule has 0 saturated carbocycles. The number of halogens is 1. The summed E-state index contributed by atoms with van der Waals surface area (Å²) in [6.45, 7) is 2.87. The fourth-order valence-corrected chi connectivity index (χ4v) is 4.74. The van der Waals surface area contributed by atoms with Crippen molar-refractivity contribution in [1.82, 2.24) is 4.72 Å². The van der Waals surface area contributed by atoms with E-state index in [0.717, 1.165) is 5.56 Å². The number of hydrogen-bond acceptors (Lipinski definition) is 6. The molecule has 0 heterocycles. The van der Waals surface area contributed by atoms with Crippen LogP contribution in [0.4, 0.5) is 0 Å². The summed E-state index contributed by atoms with van der Waals surface area (Å²) in [4.78, 5) is 0.144. The Morgan fingerprint density at radius 2 is 1.74 bits per heavy atom. The maximum Gasteiger partial charge on any atom is 0.241 e. The molecule has 0 spiro atoms. The Labute approximate surface area is 192 Å². The molecule has 0 unspecified atom stereocenters. The summed E-state index contributed by atoms with van der Waals surface area (Å²) >= 11 is 3.54. The van der Waals surface area contributed by atoms with Crippen molar-refractivity contribution in [2.45, 2.75) is 24.0 Å². The smallest absolute Gasteiger partial charge is 0.241 e. The van der Waals surface area contributed by atoms with E-state index in [4.69, 9.17) is 18.9 Å². The molecule has 9 heteroatoms. The molecule has 0 aromatic heterocycles. The predicted octanol–water partition coefficient (Wildman–Crippen LogP) is 4.02. The lowest BCUT2D eigenvalue weighted by Gasteiger charge is -2.20. The summed E-state index contributed by atoms with van der Waals surface area (Å²) < 4.78 is 50.4. The van der Waals surface area contributed by atoms with Crippen LogP contribution in [0.2, 0.25) is 0 Å². The number of methoxy groups -OCH3 is 2. The lowest BCUT2D eigenvalue weighted by atomic mass is 10.1. The van der Waals surface area contributed by atoms with Crippen molar-refractivity contribution in [3.8, 4) is 5.75 Å². The van der Waals surface area contributed by atoms with E-state index < -0.39 is 16.1 Å². The number of ether oxygens (including phenoxy) is 4. The van der Waals surface area contributed by atoms with E-state index in [1.54, 1.807) is 25.3 Å². The van der Waals surface area contributed by atoms with Crippen LogP contribution in [0.3, 0.4) is 0 Å². The summed E-state index contributed by atoms with van der Waals surface area (Å²) in [5, 5.41) is 0. The van der Waals surface area contributed by atoms with Gasteiger partial charge in [0.15, 0.2) is 0 Å². The summed E-state index contributed by atoms with van der Waals surface area (Å²) in [5.74, 6) is 0.582. The second-order valence-electron chi connectivity index (χ2n) is 6.58. The zero-order valence-corrected chi connectivity index (χ0v) is 20.2. The Kier molecular flexibility index (Phi) is 10.7. The van der Waals surface area contributed by atoms with Gasteiger partial charge in [-0.2, -0.15) is 4.72 Å². The topological polar surface area (TPSA) is 83.1 Å². The summed E-state index contributed by atoms with van der Waals surface area (Å²) in [6.07, 6.45) is 1.49. The van der Waals surface area contributed by atoms with E-state index >= 15 is 0 Å². The van der Waals surface area contributed by atoms with Gasteiger partial charge in [-0.05, 0) is 42.8 Å². The minimum absolute atomic E-state index is 0.106. The largest absolute Gasteiger partial charge is 0.497 e. The molecule has 2 atom stereocenters. The number of sulfonamides is 1. The van der Waals surface area contributed by atoms with E-state index in [9.17, 15) is 8.42 Å². The maximum absolute atomic E-state index is 13.0. The van der Waals surface area contributed by atoms with Gasteiger partial charge in [-0.1, -0.05) is 46.3 Å². The number of rotatable bonds is 13. The molecule has 0 saturated heterocycles. The van der Waals surface area contributed by atoms with E-state index in [0.29, 0.717) is 23.4 Å². The van der Waals surface area contributed by atoms with Crippen molar-refractivity contribution < 1.29 is 27.4 Å². The highest BCUT2D eigenvalue weighted by Crippen LogP contribution is 2.29. The fraction of sp³-hybridized carbons (Fsp3) is 0.364. The van der Waals surface area contributed by atoms with Crippen molar-refractivity contribution in [3.05, 3.63) is 70.7 Å². The third kappa shape index (κ3) is 8.36. The van der Waals surface area contributed by atoms with Gasteiger partial charge in [0.1, 0.15) is 12.5 Å². The first kappa shape index (κ1) is 25.5. The van der Waals surface area contributed by atoms with E-state index in [1.807, 2.05) is 37.3 Å². The van der Waals surface area contributed by atoms with Crippen molar-refractivity contribution in [2.24, 2.45) is 0 Å². The van der Waals surface area contributed by atoms with Gasteiger partial charge in [-0.25, -0.2) is 8.42 Å². The molecule has 2 aromatic carbocycles. The van der Waals surface area contributed by atoms with Gasteiger partial charge < -0.3 is 18.9 Å². The SMILES string of the molecule is COCCOCO[C@@H](C)/C=C(/Br)[C@H](NS(=O)(=O)c1ccc(OC)cc1)c1ccccc1. The minimum atomic E-state index is -3.80. The maximum atomic E-state index is 13.0. The lowest BCUT2D eigenvalue weighted by molar-refractivity contribution is -0.0804. The first-order valence-corrected chi connectivity index (χ1v) is 11.9. The fourth-order valence-electron chi connectivity index (χ4n) is 2.63. The Bertz CT molecular complexity index is 919. The molecule has 0 aliphatic carbocycles. The van der Waals surface area contributed by atoms with Crippen LogP contribution in [0, 0.1) is 0 Å². The van der Waals surface area contributed by atoms with Crippen LogP contribution in [0.15, 0.2) is 70.1 Å². The first-order valence-electron chi connectivity index (χ1n) is 9.64. The standard InChI is InChI=1S/C22H28BrNO6S/c1-17(30-16-29-14-13-27-2)15-21(23)22(18-7-5-4-6-8-18)24-31(25,26)20-11-9-19(28-3)10-12-20/h4-12,15,17,22,24H,13-14,16H2,1-3H3/b21-15+/t17-,22+/m0/s1. The third-order valence-electron chi connectivity index (χ3n) is 4.29. The molecular weight excluding hydrogens is 486 g/mol. The van der Waals surface area contributed by atoms with Crippen LogP contribution in [-0.4, -0.2) is 48.7 Å². The molecule has 2 rings (SSSR count). The minimum Gasteiger partial charge on any atom is -0.497 e. The summed E-state index contributed by atoms with van der Waals surface area (Å²) in [6, 6.07) is 14.9. The molecule has 0 aliphatic rings. The first-order chi connectivity index (χ1) is 14.9. The normalized spacial score (nSPS) is 14.3. The van der Waals surface area contributed by atoms with Crippen LogP contribution in [0.25, 0.3) is 0 Å². The van der Waals surface area contributed by atoms with Crippen LogP contribution >= 0.6 is 15.9 Å². The quantitative estimate of drug-likeness (QED) is 0.321. The van der Waals surface area contributed by atoms with Gasteiger partial charge in [-0.3, -0.25) is 0 Å². The molecule has 7 nitrogen and oxygen atoms in total. The van der Waals surface area contributed by atoms with Crippen LogP contribution in [0.1, 0.15) is 18.5 Å². The van der Waals surface area contributed by atoms with Crippen molar-refractivity contribution in [3.63, 3.8) is 0 Å². The second-order valence-corrected chi connectivity index (χ2v) is 9.21. The second kappa shape index (κ2) is 12.9. The van der Waals surface area contributed by atoms with Gasteiger partial charge in [0.05, 0.1) is 37.4 Å². The molecule has 0 aliphatic heterocycles. The highest BCUT2D eigenvalue weighted by molar-refractivity contribution is 9.11. The van der Waals surface area contributed by atoms with Crippen LogP contribution in [-0.2, 0) is 24.2 Å². The average molecular weight is 514 g/mol. The summed E-state index contributed by atoms with van der Waals surface area (Å²) in [5.41, 5.74) is 0.784. The Morgan fingerprint density at radius 3 is 2.35 bits per heavy atom. The van der Waals surface area contributed by atoms with E-state index in [-0.39, 0.29) is 17.8 Å². The molecule has 0 amide bonds. The highest BCUT2D eigenvalue weighted by atomic mass is 79.9. The van der Waals surface area contributed by atoms with Gasteiger partial charge in [0, 0.05) is 11.6 Å². The van der Waals surface area contributed by atoms with Crippen LogP contribution in [0.5, 0.6) is 5.75 Å². The Balaban J connectivity index is 2.18. The van der Waals surface area contributed by atoms with E-state index in [1.165, 1.54) is 19.2 Å². The van der Waals surface area contributed by atoms with Crippen LogP contribution < -0.4 is 9.46 Å². The molecule has 1 N–H and O–H groups in total. The molecule has 0 bridgehead atoms. The van der Waals surface area contributed by atoms with Crippen molar-refractivity contribution >= 4 is 26.0 Å². The zero-order valence-electron chi connectivity index (χ0n) is 17.8. The average Bonchev–Trinajstić information content (AvgIpc) is 2.78. The lowest BCUT2D eigenvalue weighted by Crippen LogP contribution is -2.29. The number of hydrogen-bond donors (Lipinski definition) is 1. The zero-order chi connectivity index (χ0) is 22.7. The molecule has 170 valence electrons.